The van der Waals surface area contributed by atoms with Gasteiger partial charge in [0.2, 0.25) is 0 Å². The van der Waals surface area contributed by atoms with Gasteiger partial charge in [0.1, 0.15) is 44.7 Å². The predicted molar refractivity (Wildman–Crippen MR) is 596 cm³/mol. The Labute approximate surface area is 816 Å². The standard InChI is InChI=1S/C48H26OS.C43H25NOS.C42H22F2O2/c1-2-14-33-32(13-1)44(35-24-22-29-20-19-27-9-7-10-28-21-23-34(35)43(29)42(27)28)45(39-16-8-15-37-31-12-4-6-18-41(31)50-48(37)39)38-26-25-36-30-11-3-5-17-40(30)49-47(36)46(33)38;1-2-13-32-31(12-1)39(27-20-18-26(19-21-27)28-9-8-24-44-25-28)40(36-15-7-14-34-30-11-4-6-17-38(30)46-43(34)36)35-23-22-33-29-10-3-5-16-37(29)45-42(33)41(32)35;43-33-20-16-24(22-34(33)44)37-27-11-3-4-12-28(27)40-30(39(37)31-14-7-13-29-26-10-5-6-15-35(26)45-41(29)31)18-19-32-38-25-9-2-1-8-23(25)17-21-36(38)46-42(32)40/h1-26H;1-25H;1-22H. The lowest BCUT2D eigenvalue weighted by Gasteiger charge is -2.21. The monoisotopic (exact) mass is 1850 g/mol. The molecule has 0 fully saturated rings. The number of para-hydroxylation sites is 4. The number of halogens is 2. The van der Waals surface area contributed by atoms with Crippen molar-refractivity contribution in [1.82, 2.24) is 4.98 Å². The number of nitrogens with zero attached hydrogens (tertiary/aromatic N) is 1. The van der Waals surface area contributed by atoms with Crippen molar-refractivity contribution in [1.29, 1.82) is 0 Å². The first kappa shape index (κ1) is 80.1. The van der Waals surface area contributed by atoms with Crippen LogP contribution in [-0.4, -0.2) is 4.98 Å². The molecular weight excluding hydrogens is 1780 g/mol. The Balaban J connectivity index is 0.0000000998. The van der Waals surface area contributed by atoms with E-state index in [0.717, 1.165) is 153 Å². The second kappa shape index (κ2) is 31.3. The Hall–Kier alpha value is -18.0. The van der Waals surface area contributed by atoms with E-state index in [1.165, 1.54) is 167 Å². The molecule has 142 heavy (non-hydrogen) atoms. The molecule has 0 saturated carbocycles. The number of aromatic nitrogens is 1. The smallest absolute Gasteiger partial charge is 0.159 e. The van der Waals surface area contributed by atoms with Crippen LogP contribution in [0.5, 0.6) is 0 Å². The Morgan fingerprint density at radius 2 is 0.563 bits per heavy atom. The number of furan rings is 4. The minimum absolute atomic E-state index is 0.579. The van der Waals surface area contributed by atoms with E-state index < -0.39 is 11.6 Å². The van der Waals surface area contributed by atoms with Crippen LogP contribution in [0.15, 0.2) is 461 Å². The van der Waals surface area contributed by atoms with E-state index in [2.05, 4.69) is 345 Å². The third-order valence-corrected chi connectivity index (χ3v) is 32.2. The quantitative estimate of drug-likeness (QED) is 0.149. The van der Waals surface area contributed by atoms with Crippen molar-refractivity contribution in [2.45, 2.75) is 0 Å². The number of benzene rings is 25. The lowest BCUT2D eigenvalue weighted by molar-refractivity contribution is 0.509. The van der Waals surface area contributed by atoms with Gasteiger partial charge in [-0.05, 0) is 220 Å². The van der Waals surface area contributed by atoms with Gasteiger partial charge in [0, 0.05) is 134 Å². The van der Waals surface area contributed by atoms with Crippen LogP contribution in [0, 0.1) is 11.6 Å². The topological polar surface area (TPSA) is 65.5 Å². The Kier molecular flexibility index (Phi) is 17.6. The van der Waals surface area contributed by atoms with E-state index in [1.54, 1.807) is 6.07 Å². The highest BCUT2D eigenvalue weighted by molar-refractivity contribution is 7.26. The zero-order valence-electron chi connectivity index (χ0n) is 75.8. The van der Waals surface area contributed by atoms with Gasteiger partial charge in [-0.1, -0.05) is 358 Å². The Morgan fingerprint density at radius 3 is 1.13 bits per heavy atom. The van der Waals surface area contributed by atoms with Crippen LogP contribution in [0.1, 0.15) is 0 Å². The van der Waals surface area contributed by atoms with Crippen molar-refractivity contribution in [2.24, 2.45) is 0 Å². The molecule has 7 aromatic heterocycles. The van der Waals surface area contributed by atoms with Crippen molar-refractivity contribution in [2.75, 3.05) is 0 Å². The summed E-state index contributed by atoms with van der Waals surface area (Å²) in [6, 6.07) is 152. The molecule has 25 aromatic carbocycles. The molecule has 0 radical (unpaired) electrons. The third-order valence-electron chi connectivity index (χ3n) is 29.8. The molecule has 0 aliphatic heterocycles. The van der Waals surface area contributed by atoms with Crippen LogP contribution in [0.3, 0.4) is 0 Å². The van der Waals surface area contributed by atoms with Crippen molar-refractivity contribution >= 4 is 258 Å². The number of fused-ring (bicyclic) bond motifs is 32. The maximum atomic E-state index is 15.0. The molecule has 0 atom stereocenters. The van der Waals surface area contributed by atoms with E-state index >= 15 is 0 Å². The van der Waals surface area contributed by atoms with E-state index in [0.29, 0.717) is 5.56 Å². The zero-order chi connectivity index (χ0) is 93.2. The van der Waals surface area contributed by atoms with Gasteiger partial charge in [-0.25, -0.2) is 8.78 Å². The molecule has 0 saturated heterocycles. The summed E-state index contributed by atoms with van der Waals surface area (Å²) < 4.78 is 61.3. The number of rotatable bonds is 7. The van der Waals surface area contributed by atoms with E-state index in [1.807, 2.05) is 108 Å². The first-order valence-electron chi connectivity index (χ1n) is 47.9. The van der Waals surface area contributed by atoms with Gasteiger partial charge >= 0.3 is 0 Å². The summed E-state index contributed by atoms with van der Waals surface area (Å²) in [6.45, 7) is 0. The molecular formula is C133H73F2NO4S2. The summed E-state index contributed by atoms with van der Waals surface area (Å²) in [6.07, 6.45) is 3.74. The summed E-state index contributed by atoms with van der Waals surface area (Å²) in [7, 11) is 0. The lowest BCUT2D eigenvalue weighted by Crippen LogP contribution is -1.94. The van der Waals surface area contributed by atoms with Gasteiger partial charge in [-0.2, -0.15) is 0 Å². The number of hydrogen-bond donors (Lipinski definition) is 0. The molecule has 0 aliphatic rings. The van der Waals surface area contributed by atoms with Crippen LogP contribution < -0.4 is 0 Å². The fourth-order valence-corrected chi connectivity index (χ4v) is 26.1. The highest BCUT2D eigenvalue weighted by atomic mass is 32.1. The van der Waals surface area contributed by atoms with Crippen molar-refractivity contribution in [3.63, 3.8) is 0 Å². The second-order valence-corrected chi connectivity index (χ2v) is 39.3. The van der Waals surface area contributed by atoms with Crippen LogP contribution in [-0.2, 0) is 0 Å². The van der Waals surface area contributed by atoms with Gasteiger partial charge < -0.3 is 17.7 Å². The maximum absolute atomic E-state index is 15.0. The molecule has 0 bridgehead atoms. The maximum Gasteiger partial charge on any atom is 0.159 e. The van der Waals surface area contributed by atoms with Crippen LogP contribution >= 0.6 is 22.7 Å². The molecule has 7 heterocycles. The van der Waals surface area contributed by atoms with Gasteiger partial charge in [0.25, 0.3) is 0 Å². The summed E-state index contributed by atoms with van der Waals surface area (Å²) in [5.41, 5.74) is 22.2. The average Bonchev–Trinajstić information content (AvgIpc) is 1.34. The van der Waals surface area contributed by atoms with Crippen LogP contribution in [0.4, 0.5) is 8.78 Å². The molecule has 9 heteroatoms. The molecule has 32 rings (SSSR count). The summed E-state index contributed by atoms with van der Waals surface area (Å²) in [5.74, 6) is -1.78. The summed E-state index contributed by atoms with van der Waals surface area (Å²) in [5, 5.41) is 37.3. The van der Waals surface area contributed by atoms with Gasteiger partial charge in [-0.3, -0.25) is 4.98 Å². The fraction of sp³-hybridized carbons (Fsp3) is 0. The minimum Gasteiger partial charge on any atom is -0.455 e. The molecule has 32 aromatic rings. The normalized spacial score (nSPS) is 12.2. The van der Waals surface area contributed by atoms with Gasteiger partial charge in [0.05, 0.1) is 0 Å². The lowest BCUT2D eigenvalue weighted by atomic mass is 9.81. The molecule has 660 valence electrons. The fourth-order valence-electron chi connectivity index (χ4n) is 23.7. The number of pyridine rings is 1. The second-order valence-electron chi connectivity index (χ2n) is 37.2. The minimum atomic E-state index is -0.894. The van der Waals surface area contributed by atoms with Crippen molar-refractivity contribution in [3.8, 4) is 77.9 Å². The Bertz CT molecular complexity index is 11000. The van der Waals surface area contributed by atoms with Gasteiger partial charge in [0.15, 0.2) is 11.6 Å². The zero-order valence-corrected chi connectivity index (χ0v) is 77.4. The number of thiophene rings is 2. The van der Waals surface area contributed by atoms with Crippen molar-refractivity contribution < 1.29 is 26.4 Å². The highest BCUT2D eigenvalue weighted by Crippen LogP contribution is 2.58. The average molecular weight is 1850 g/mol. The summed E-state index contributed by atoms with van der Waals surface area (Å²) in [4.78, 5) is 4.35. The van der Waals surface area contributed by atoms with E-state index in [9.17, 15) is 8.78 Å². The number of hydrogen-bond acceptors (Lipinski definition) is 7. The Morgan fingerprint density at radius 1 is 0.183 bits per heavy atom. The third kappa shape index (κ3) is 11.9. The molecule has 0 aliphatic carbocycles. The molecule has 0 unspecified atom stereocenters. The predicted octanol–water partition coefficient (Wildman–Crippen LogP) is 39.7. The highest BCUT2D eigenvalue weighted by Gasteiger charge is 2.31. The first-order valence-corrected chi connectivity index (χ1v) is 49.6. The molecule has 0 N–H and O–H groups in total. The van der Waals surface area contributed by atoms with Crippen molar-refractivity contribution in [3.05, 3.63) is 455 Å². The SMILES string of the molecule is Fc1ccc(-c2c(-c3cccc4c3oc3ccccc34)c3ccc4c(oc5ccc6ccccc6c54)c3c3ccccc23)cc1F.c1cc2ccc3ccc(-c4c(-c5cccc6c5sc5ccccc56)c5ccc6c7ccccc7oc6c5c5ccccc45)c4ccc(c1)c2c34.c1cncc(-c2ccc(-c3c(-c4cccc5c4sc4ccccc45)c4ccc5c6ccccc6oc5c4c4ccccc34)cc2)c1. The largest absolute Gasteiger partial charge is 0.455 e. The van der Waals surface area contributed by atoms with E-state index in [4.69, 9.17) is 17.7 Å². The van der Waals surface area contributed by atoms with Gasteiger partial charge in [-0.15, -0.1) is 22.7 Å². The van der Waals surface area contributed by atoms with Crippen LogP contribution in [0.25, 0.3) is 314 Å². The molecule has 0 spiro atoms. The van der Waals surface area contributed by atoms with E-state index in [-0.39, 0.29) is 0 Å². The summed E-state index contributed by atoms with van der Waals surface area (Å²) >= 11 is 3.77. The molecule has 0 amide bonds. The molecule has 5 nitrogen and oxygen atoms in total. The van der Waals surface area contributed by atoms with Crippen LogP contribution in [0.2, 0.25) is 0 Å². The first-order chi connectivity index (χ1) is 70.3.